The van der Waals surface area contributed by atoms with Crippen LogP contribution in [0.3, 0.4) is 0 Å². The fraction of sp³-hybridized carbons (Fsp3) is 0.455. The predicted octanol–water partition coefficient (Wildman–Crippen LogP) is 3.54. The highest BCUT2D eigenvalue weighted by Crippen LogP contribution is 2.25. The van der Waals surface area contributed by atoms with Crippen molar-refractivity contribution in [1.29, 1.82) is 0 Å². The van der Waals surface area contributed by atoms with Gasteiger partial charge in [-0.1, -0.05) is 0 Å². The molecule has 0 atom stereocenters. The van der Waals surface area contributed by atoms with Gasteiger partial charge in [-0.05, 0) is 36.4 Å². The van der Waals surface area contributed by atoms with Crippen LogP contribution in [0.15, 0.2) is 36.4 Å². The maximum absolute atomic E-state index is 5.83. The van der Waals surface area contributed by atoms with Crippen LogP contribution in [-0.2, 0) is 13.1 Å². The Kier molecular flexibility index (Phi) is 18.2. The average Bonchev–Trinajstić information content (AvgIpc) is 2.76. The molecule has 3 N–H and O–H groups in total. The zero-order valence-electron chi connectivity index (χ0n) is 19.1. The van der Waals surface area contributed by atoms with Gasteiger partial charge in [-0.2, -0.15) is 0 Å². The second-order valence-corrected chi connectivity index (χ2v) is 6.60. The van der Waals surface area contributed by atoms with Crippen molar-refractivity contribution in [3.05, 3.63) is 47.5 Å². The fourth-order valence-corrected chi connectivity index (χ4v) is 3.18. The monoisotopic (exact) mass is 511 g/mol. The van der Waals surface area contributed by atoms with E-state index in [2.05, 4.69) is 10.2 Å². The fourth-order valence-electron chi connectivity index (χ4n) is 3.18. The average molecular weight is 513 g/mol. The van der Waals surface area contributed by atoms with Crippen molar-refractivity contribution in [3.8, 4) is 23.0 Å². The van der Waals surface area contributed by atoms with Gasteiger partial charge < -0.3 is 30.0 Å². The number of hydrogen-bond donors (Lipinski definition) is 2. The van der Waals surface area contributed by atoms with Gasteiger partial charge in [0.25, 0.3) is 0 Å². The number of ether oxygens (including phenoxy) is 4. The Morgan fingerprint density at radius 2 is 1.28 bits per heavy atom. The van der Waals surface area contributed by atoms with Gasteiger partial charge in [-0.3, -0.25) is 4.90 Å². The molecule has 7 nitrogen and oxygen atoms in total. The summed E-state index contributed by atoms with van der Waals surface area (Å²) < 4.78 is 21.6. The van der Waals surface area contributed by atoms with Crippen molar-refractivity contribution >= 4 is 37.2 Å². The number of nitrogens with zero attached hydrogens (tertiary/aromatic N) is 1. The normalized spacial score (nSPS) is 9.81. The number of benzene rings is 2. The highest BCUT2D eigenvalue weighted by Gasteiger charge is 2.11. The third-order valence-corrected chi connectivity index (χ3v) is 4.73. The van der Waals surface area contributed by atoms with E-state index >= 15 is 0 Å². The van der Waals surface area contributed by atoms with Gasteiger partial charge in [-0.15, -0.1) is 37.2 Å². The number of nitrogens with one attached hydrogen (secondary N) is 1. The Bertz CT molecular complexity index is 769. The summed E-state index contributed by atoms with van der Waals surface area (Å²) in [5.74, 6) is 3.33. The van der Waals surface area contributed by atoms with Crippen LogP contribution in [0.1, 0.15) is 11.1 Å². The van der Waals surface area contributed by atoms with Crippen LogP contribution in [0, 0.1) is 0 Å². The van der Waals surface area contributed by atoms with Crippen molar-refractivity contribution < 1.29 is 18.9 Å². The number of nitrogens with two attached hydrogens (primary N) is 1. The van der Waals surface area contributed by atoms with Gasteiger partial charge in [0.15, 0.2) is 0 Å². The summed E-state index contributed by atoms with van der Waals surface area (Å²) in [5.41, 5.74) is 7.97. The van der Waals surface area contributed by atoms with E-state index in [1.54, 1.807) is 28.4 Å². The molecule has 184 valence electrons. The maximum atomic E-state index is 5.83. The molecule has 0 aliphatic carbocycles. The third-order valence-electron chi connectivity index (χ3n) is 4.73. The molecule has 0 spiro atoms. The van der Waals surface area contributed by atoms with Gasteiger partial charge in [0.2, 0.25) is 0 Å². The standard InChI is InChI=1S/C22H33N3O4.3ClH/c1-26-19-5-7-21(28-3)17(13-19)15-24-10-12-25(11-9-23)16-18-14-20(27-2)6-8-22(18)29-4;;;/h5-8,13-14,24H,9-12,15-16,23H2,1-4H3;3*1H. The smallest absolute Gasteiger partial charge is 0.123 e. The molecular formula is C22H36Cl3N3O4. The van der Waals surface area contributed by atoms with Gasteiger partial charge in [-0.25, -0.2) is 0 Å². The summed E-state index contributed by atoms with van der Waals surface area (Å²) in [6, 6.07) is 11.7. The summed E-state index contributed by atoms with van der Waals surface area (Å²) in [6.45, 7) is 4.48. The molecule has 0 aromatic heterocycles. The lowest BCUT2D eigenvalue weighted by Crippen LogP contribution is -2.35. The largest absolute Gasteiger partial charge is 0.497 e. The molecule has 0 saturated heterocycles. The zero-order valence-corrected chi connectivity index (χ0v) is 21.5. The minimum absolute atomic E-state index is 0. The van der Waals surface area contributed by atoms with E-state index in [1.165, 1.54) is 0 Å². The number of hydrogen-bond acceptors (Lipinski definition) is 7. The molecule has 2 rings (SSSR count). The Labute approximate surface area is 210 Å². The molecule has 0 amide bonds. The first-order chi connectivity index (χ1) is 14.1. The van der Waals surface area contributed by atoms with E-state index in [-0.39, 0.29) is 37.2 Å². The molecule has 0 aliphatic rings. The summed E-state index contributed by atoms with van der Waals surface area (Å²) >= 11 is 0. The van der Waals surface area contributed by atoms with Crippen LogP contribution in [0.2, 0.25) is 0 Å². The molecule has 0 heterocycles. The van der Waals surface area contributed by atoms with Crippen LogP contribution < -0.4 is 30.0 Å². The summed E-state index contributed by atoms with van der Waals surface area (Å²) in [6.07, 6.45) is 0. The SMILES string of the molecule is COc1ccc(OC)c(CNCCN(CCN)Cc2cc(OC)ccc2OC)c1.Cl.Cl.Cl. The Balaban J connectivity index is 0. The van der Waals surface area contributed by atoms with E-state index in [0.717, 1.165) is 60.3 Å². The molecule has 0 saturated carbocycles. The highest BCUT2D eigenvalue weighted by molar-refractivity contribution is 5.86. The lowest BCUT2D eigenvalue weighted by atomic mass is 10.1. The molecular weight excluding hydrogens is 477 g/mol. The lowest BCUT2D eigenvalue weighted by molar-refractivity contribution is 0.266. The summed E-state index contributed by atoms with van der Waals surface area (Å²) in [4.78, 5) is 2.30. The molecule has 0 unspecified atom stereocenters. The summed E-state index contributed by atoms with van der Waals surface area (Å²) in [5, 5.41) is 3.48. The molecule has 2 aromatic rings. The first-order valence-corrected chi connectivity index (χ1v) is 9.70. The summed E-state index contributed by atoms with van der Waals surface area (Å²) in [7, 11) is 6.69. The molecule has 0 radical (unpaired) electrons. The number of rotatable bonds is 13. The van der Waals surface area contributed by atoms with Crippen molar-refractivity contribution in [1.82, 2.24) is 10.2 Å². The van der Waals surface area contributed by atoms with E-state index in [9.17, 15) is 0 Å². The third kappa shape index (κ3) is 9.90. The van der Waals surface area contributed by atoms with E-state index < -0.39 is 0 Å². The van der Waals surface area contributed by atoms with Crippen molar-refractivity contribution in [2.24, 2.45) is 5.73 Å². The zero-order chi connectivity index (χ0) is 21.1. The van der Waals surface area contributed by atoms with E-state index in [4.69, 9.17) is 24.7 Å². The number of methoxy groups -OCH3 is 4. The maximum Gasteiger partial charge on any atom is 0.123 e. The quantitative estimate of drug-likeness (QED) is 0.398. The minimum Gasteiger partial charge on any atom is -0.497 e. The highest BCUT2D eigenvalue weighted by atomic mass is 35.5. The Hall–Kier alpha value is -1.61. The molecule has 0 bridgehead atoms. The lowest BCUT2D eigenvalue weighted by Gasteiger charge is -2.23. The molecule has 2 aromatic carbocycles. The van der Waals surface area contributed by atoms with Crippen LogP contribution >= 0.6 is 37.2 Å². The van der Waals surface area contributed by atoms with Crippen LogP contribution in [0.4, 0.5) is 0 Å². The number of halogens is 3. The topological polar surface area (TPSA) is 78.2 Å². The van der Waals surface area contributed by atoms with Crippen molar-refractivity contribution in [3.63, 3.8) is 0 Å². The van der Waals surface area contributed by atoms with Gasteiger partial charge in [0.1, 0.15) is 23.0 Å². The Morgan fingerprint density at radius 1 is 0.750 bits per heavy atom. The van der Waals surface area contributed by atoms with Gasteiger partial charge in [0, 0.05) is 50.4 Å². The molecule has 0 aliphatic heterocycles. The molecule has 32 heavy (non-hydrogen) atoms. The van der Waals surface area contributed by atoms with E-state index in [1.807, 2.05) is 36.4 Å². The molecule has 0 fully saturated rings. The minimum atomic E-state index is 0. The Morgan fingerprint density at radius 3 is 1.78 bits per heavy atom. The van der Waals surface area contributed by atoms with E-state index in [0.29, 0.717) is 13.1 Å². The van der Waals surface area contributed by atoms with Crippen LogP contribution in [0.5, 0.6) is 23.0 Å². The predicted molar refractivity (Wildman–Crippen MR) is 137 cm³/mol. The van der Waals surface area contributed by atoms with Crippen molar-refractivity contribution in [2.75, 3.05) is 54.6 Å². The van der Waals surface area contributed by atoms with Crippen molar-refractivity contribution in [2.45, 2.75) is 13.1 Å². The molecule has 10 heteroatoms. The second kappa shape index (κ2) is 17.9. The first-order valence-electron chi connectivity index (χ1n) is 9.70. The van der Waals surface area contributed by atoms with Gasteiger partial charge >= 0.3 is 0 Å². The van der Waals surface area contributed by atoms with Crippen LogP contribution in [-0.4, -0.2) is 59.5 Å². The second-order valence-electron chi connectivity index (χ2n) is 6.60. The van der Waals surface area contributed by atoms with Crippen LogP contribution in [0.25, 0.3) is 0 Å². The van der Waals surface area contributed by atoms with Gasteiger partial charge in [0.05, 0.1) is 28.4 Å². The first kappa shape index (κ1) is 32.6.